The number of hydrogen-bond acceptors (Lipinski definition) is 7. The molecule has 10 nitrogen and oxygen atoms in total. The molecule has 0 heterocycles. The van der Waals surface area contributed by atoms with Crippen molar-refractivity contribution in [3.63, 3.8) is 0 Å². The van der Waals surface area contributed by atoms with E-state index < -0.39 is 23.8 Å². The van der Waals surface area contributed by atoms with Gasteiger partial charge in [-0.15, -0.1) is 0 Å². The lowest BCUT2D eigenvalue weighted by atomic mass is 9.98. The first-order valence-corrected chi connectivity index (χ1v) is 27.2. The highest BCUT2D eigenvalue weighted by atomic mass is 16.6. The van der Waals surface area contributed by atoms with Gasteiger partial charge in [0.05, 0.1) is 12.7 Å². The van der Waals surface area contributed by atoms with Gasteiger partial charge in [0.25, 0.3) is 0 Å². The molecule has 2 aromatic rings. The van der Waals surface area contributed by atoms with E-state index in [4.69, 9.17) is 18.9 Å². The molecule has 3 N–H and O–H groups in total. The number of hydrogen-bond donors (Lipinski definition) is 3. The Hall–Kier alpha value is -3.63. The predicted molar refractivity (Wildman–Crippen MR) is 276 cm³/mol. The average molecular weight is 934 g/mol. The fraction of sp³-hybridized carbons (Fsp3) is 0.737. The third kappa shape index (κ3) is 26.6. The average Bonchev–Trinajstić information content (AvgIpc) is 3.63. The Bertz CT molecular complexity index is 1550. The van der Waals surface area contributed by atoms with Crippen LogP contribution in [-0.2, 0) is 23.7 Å². The van der Waals surface area contributed by atoms with Crippen molar-refractivity contribution < 1.29 is 33.3 Å². The topological polar surface area (TPSA) is 124 Å². The molecule has 0 saturated carbocycles. The lowest BCUT2D eigenvalue weighted by molar-refractivity contribution is -0.124. The molecule has 0 fully saturated rings. The van der Waals surface area contributed by atoms with Crippen molar-refractivity contribution in [2.75, 3.05) is 39.5 Å². The van der Waals surface area contributed by atoms with Crippen LogP contribution in [0.1, 0.15) is 225 Å². The molecule has 67 heavy (non-hydrogen) atoms. The molecule has 2 atom stereocenters. The molecule has 0 aromatic heterocycles. The van der Waals surface area contributed by atoms with Crippen molar-refractivity contribution in [1.82, 2.24) is 16.0 Å². The van der Waals surface area contributed by atoms with Crippen molar-refractivity contribution in [2.45, 2.75) is 232 Å². The highest BCUT2D eigenvalue weighted by Crippen LogP contribution is 2.44. The molecule has 0 aliphatic heterocycles. The maximum atomic E-state index is 13.9. The van der Waals surface area contributed by atoms with E-state index in [1.165, 1.54) is 128 Å². The standard InChI is InChI=1S/C57H95N3O7/c1-6-8-10-12-14-16-18-20-22-24-26-34-42-64-45-47(65-43-35-27-25-23-21-19-17-15-13-11-9-7-2)44-59-54(61)53(40-32-33-41-58-55(62)67-57(3,4)5)60-56(63)66-46-52-50-38-30-28-36-48(50)49-37-29-31-39-51(49)52/h28-31,36-39,47,52-53H,6-27,32-35,40-46H2,1-5H3,(H,58,62)(H,59,61)(H,60,63)/t47?,53-/m0/s1. The fourth-order valence-electron chi connectivity index (χ4n) is 8.99. The molecule has 10 heteroatoms. The number of unbranched alkanes of at least 4 members (excludes halogenated alkanes) is 23. The summed E-state index contributed by atoms with van der Waals surface area (Å²) in [4.78, 5) is 39.6. The molecule has 380 valence electrons. The van der Waals surface area contributed by atoms with Gasteiger partial charge in [0, 0.05) is 32.2 Å². The Morgan fingerprint density at radius 2 is 1.04 bits per heavy atom. The van der Waals surface area contributed by atoms with Gasteiger partial charge in [0.2, 0.25) is 5.91 Å². The molecule has 3 rings (SSSR count). The Balaban J connectivity index is 1.51. The van der Waals surface area contributed by atoms with Crippen LogP contribution in [0.25, 0.3) is 11.1 Å². The quantitative estimate of drug-likeness (QED) is 0.0569. The van der Waals surface area contributed by atoms with Gasteiger partial charge in [-0.25, -0.2) is 9.59 Å². The second kappa shape index (κ2) is 36.4. The number of fused-ring (bicyclic) bond motifs is 3. The summed E-state index contributed by atoms with van der Waals surface area (Å²) in [5.41, 5.74) is 3.96. The highest BCUT2D eigenvalue weighted by molar-refractivity contribution is 5.85. The lowest BCUT2D eigenvalue weighted by Gasteiger charge is -2.23. The van der Waals surface area contributed by atoms with Crippen LogP contribution in [0.5, 0.6) is 0 Å². The number of ether oxygens (including phenoxy) is 4. The molecule has 2 aromatic carbocycles. The smallest absolute Gasteiger partial charge is 0.407 e. The lowest BCUT2D eigenvalue weighted by Crippen LogP contribution is -2.49. The molecular weight excluding hydrogens is 839 g/mol. The summed E-state index contributed by atoms with van der Waals surface area (Å²) in [7, 11) is 0. The number of amides is 3. The van der Waals surface area contributed by atoms with E-state index in [1.807, 2.05) is 45.0 Å². The Labute approximate surface area is 407 Å². The number of benzene rings is 2. The summed E-state index contributed by atoms with van der Waals surface area (Å²) in [5, 5.41) is 8.76. The van der Waals surface area contributed by atoms with Crippen LogP contribution in [0, 0.1) is 0 Å². The molecule has 0 radical (unpaired) electrons. The monoisotopic (exact) mass is 934 g/mol. The second-order valence-corrected chi connectivity index (χ2v) is 20.0. The van der Waals surface area contributed by atoms with E-state index in [0.29, 0.717) is 45.6 Å². The van der Waals surface area contributed by atoms with E-state index in [0.717, 1.165) is 47.9 Å². The van der Waals surface area contributed by atoms with Crippen LogP contribution in [0.2, 0.25) is 0 Å². The molecule has 1 aliphatic carbocycles. The summed E-state index contributed by atoms with van der Waals surface area (Å²) >= 11 is 0. The van der Waals surface area contributed by atoms with Crippen molar-refractivity contribution in [1.29, 1.82) is 0 Å². The van der Waals surface area contributed by atoms with Crippen molar-refractivity contribution in [2.24, 2.45) is 0 Å². The summed E-state index contributed by atoms with van der Waals surface area (Å²) < 4.78 is 23.8. The van der Waals surface area contributed by atoms with Gasteiger partial charge in [-0.1, -0.05) is 204 Å². The Kier molecular flexibility index (Phi) is 31.3. The van der Waals surface area contributed by atoms with Crippen LogP contribution in [0.15, 0.2) is 48.5 Å². The van der Waals surface area contributed by atoms with Crippen LogP contribution >= 0.6 is 0 Å². The van der Waals surface area contributed by atoms with Gasteiger partial charge in [0.15, 0.2) is 0 Å². The molecule has 1 aliphatic rings. The number of carbonyl (C=O) groups excluding carboxylic acids is 3. The van der Waals surface area contributed by atoms with E-state index in [-0.39, 0.29) is 31.1 Å². The number of alkyl carbamates (subject to hydrolysis) is 2. The summed E-state index contributed by atoms with van der Waals surface area (Å²) in [5.74, 6) is -0.393. The van der Waals surface area contributed by atoms with Crippen molar-refractivity contribution in [3.8, 4) is 11.1 Å². The normalized spacial score (nSPS) is 13.1. The van der Waals surface area contributed by atoms with Gasteiger partial charge in [0.1, 0.15) is 18.2 Å². The Morgan fingerprint density at radius 3 is 1.55 bits per heavy atom. The largest absolute Gasteiger partial charge is 0.449 e. The molecule has 0 bridgehead atoms. The van der Waals surface area contributed by atoms with E-state index in [1.54, 1.807) is 0 Å². The zero-order chi connectivity index (χ0) is 48.2. The van der Waals surface area contributed by atoms with Gasteiger partial charge in [-0.05, 0) is 75.1 Å². The van der Waals surface area contributed by atoms with E-state index in [9.17, 15) is 14.4 Å². The van der Waals surface area contributed by atoms with Gasteiger partial charge in [-0.2, -0.15) is 0 Å². The SMILES string of the molecule is CCCCCCCCCCCCCCOCC(CNC(=O)[C@H](CCCCNC(=O)OC(C)(C)C)NC(=O)OCC1c2ccccc2-c2ccccc21)OCCCCCCCCCCCCCC. The van der Waals surface area contributed by atoms with Gasteiger partial charge >= 0.3 is 12.2 Å². The minimum atomic E-state index is -0.837. The first-order chi connectivity index (χ1) is 32.6. The third-order valence-corrected chi connectivity index (χ3v) is 12.8. The van der Waals surface area contributed by atoms with Crippen LogP contribution in [0.4, 0.5) is 9.59 Å². The minimum Gasteiger partial charge on any atom is -0.449 e. The molecule has 1 unspecified atom stereocenters. The van der Waals surface area contributed by atoms with Gasteiger partial charge < -0.3 is 34.9 Å². The van der Waals surface area contributed by atoms with Crippen LogP contribution in [-0.4, -0.2) is 75.4 Å². The molecule has 0 saturated heterocycles. The maximum Gasteiger partial charge on any atom is 0.407 e. The first-order valence-electron chi connectivity index (χ1n) is 27.2. The minimum absolute atomic E-state index is 0.0951. The van der Waals surface area contributed by atoms with Crippen molar-refractivity contribution in [3.05, 3.63) is 59.7 Å². The zero-order valence-electron chi connectivity index (χ0n) is 43.0. The predicted octanol–water partition coefficient (Wildman–Crippen LogP) is 14.5. The van der Waals surface area contributed by atoms with Gasteiger partial charge in [-0.3, -0.25) is 4.79 Å². The van der Waals surface area contributed by atoms with Crippen molar-refractivity contribution >= 4 is 18.1 Å². The zero-order valence-corrected chi connectivity index (χ0v) is 43.0. The highest BCUT2D eigenvalue weighted by Gasteiger charge is 2.30. The maximum absolute atomic E-state index is 13.9. The summed E-state index contributed by atoms with van der Waals surface area (Å²) in [6.07, 6.45) is 31.1. The number of carbonyl (C=O) groups is 3. The van der Waals surface area contributed by atoms with E-state index in [2.05, 4.69) is 54.1 Å². The van der Waals surface area contributed by atoms with E-state index >= 15 is 0 Å². The first kappa shape index (κ1) is 57.7. The summed E-state index contributed by atoms with van der Waals surface area (Å²) in [6, 6.07) is 15.6. The Morgan fingerprint density at radius 1 is 0.567 bits per heavy atom. The number of nitrogens with one attached hydrogen (secondary N) is 3. The fourth-order valence-corrected chi connectivity index (χ4v) is 8.99. The number of rotatable bonds is 40. The summed E-state index contributed by atoms with van der Waals surface area (Å²) in [6.45, 7) is 12.5. The van der Waals surface area contributed by atoms with Crippen LogP contribution < -0.4 is 16.0 Å². The molecule has 0 spiro atoms. The molecular formula is C57H95N3O7. The second-order valence-electron chi connectivity index (χ2n) is 20.0. The molecule has 3 amide bonds. The third-order valence-electron chi connectivity index (χ3n) is 12.8. The van der Waals surface area contributed by atoms with Crippen LogP contribution in [0.3, 0.4) is 0 Å².